The van der Waals surface area contributed by atoms with Gasteiger partial charge in [0.05, 0.1) is 12.6 Å². The zero-order chi connectivity index (χ0) is 16.3. The average Bonchev–Trinajstić information content (AvgIpc) is 3.06. The van der Waals surface area contributed by atoms with Crippen LogP contribution in [0, 0.1) is 23.7 Å². The Bertz CT molecular complexity index is 499. The van der Waals surface area contributed by atoms with Crippen molar-refractivity contribution in [3.05, 3.63) is 12.2 Å². The quantitative estimate of drug-likeness (QED) is 0.591. The summed E-state index contributed by atoms with van der Waals surface area (Å²) < 4.78 is 6.50. The summed E-state index contributed by atoms with van der Waals surface area (Å²) in [6.07, 6.45) is 6.09. The van der Waals surface area contributed by atoms with E-state index in [2.05, 4.69) is 50.9 Å². The first-order valence-electron chi connectivity index (χ1n) is 8.71. The van der Waals surface area contributed by atoms with E-state index in [1.165, 1.54) is 6.42 Å². The van der Waals surface area contributed by atoms with Crippen LogP contribution in [0.25, 0.3) is 0 Å². The molecule has 0 aromatic carbocycles. The zero-order valence-corrected chi connectivity index (χ0v) is 15.9. The molecular formula is C17H30BNO2Si. The highest BCUT2D eigenvalue weighted by Gasteiger charge is 2.55. The minimum Gasteiger partial charge on any atom is -0.415 e. The fraction of sp³-hybridized carbons (Fsp3) is 0.824. The van der Waals surface area contributed by atoms with Crippen LogP contribution in [0.15, 0.2) is 12.2 Å². The number of fused-ring (bicyclic) bond motifs is 5. The minimum absolute atomic E-state index is 0.220. The number of hydrogen-bond donors (Lipinski definition) is 0. The van der Waals surface area contributed by atoms with Crippen molar-refractivity contribution in [2.45, 2.75) is 51.4 Å². The fourth-order valence-electron chi connectivity index (χ4n) is 4.43. The Kier molecular flexibility index (Phi) is 3.88. The van der Waals surface area contributed by atoms with Gasteiger partial charge in [-0.3, -0.25) is 4.79 Å². The lowest BCUT2D eigenvalue weighted by Crippen LogP contribution is -2.47. The summed E-state index contributed by atoms with van der Waals surface area (Å²) in [5, 5.41) is 0.223. The highest BCUT2D eigenvalue weighted by molar-refractivity contribution is 6.74. The van der Waals surface area contributed by atoms with Crippen molar-refractivity contribution >= 4 is 22.0 Å². The number of nitrogens with zero attached hydrogens (tertiary/aromatic N) is 1. The number of amides is 1. The van der Waals surface area contributed by atoms with Crippen LogP contribution in [0.5, 0.6) is 0 Å². The van der Waals surface area contributed by atoms with E-state index in [0.29, 0.717) is 23.7 Å². The maximum Gasteiger partial charge on any atom is 0.215 e. The van der Waals surface area contributed by atoms with Crippen molar-refractivity contribution in [1.29, 1.82) is 0 Å². The molecule has 0 aromatic rings. The van der Waals surface area contributed by atoms with Gasteiger partial charge in [0.1, 0.15) is 0 Å². The van der Waals surface area contributed by atoms with E-state index in [1.54, 1.807) is 7.85 Å². The second-order valence-electron chi connectivity index (χ2n) is 9.00. The number of carbonyl (C=O) groups excluding carboxylic acids is 1. The molecule has 2 fully saturated rings. The molecule has 2 aliphatic carbocycles. The fourth-order valence-corrected chi connectivity index (χ4v) is 5.45. The molecule has 22 heavy (non-hydrogen) atoms. The molecule has 1 aliphatic heterocycles. The SMILES string of the molecule is BC(=O)N1CC2C3C=CC(C3)C2[C@H]1CO[Si](C)(C)C(C)(C)C. The largest absolute Gasteiger partial charge is 0.415 e. The van der Waals surface area contributed by atoms with Gasteiger partial charge in [-0.25, -0.2) is 0 Å². The van der Waals surface area contributed by atoms with Gasteiger partial charge >= 0.3 is 0 Å². The van der Waals surface area contributed by atoms with Gasteiger partial charge in [0.15, 0.2) is 14.1 Å². The van der Waals surface area contributed by atoms with E-state index < -0.39 is 8.32 Å². The van der Waals surface area contributed by atoms with Crippen LogP contribution >= 0.6 is 0 Å². The van der Waals surface area contributed by atoms with Gasteiger partial charge in [-0.15, -0.1) is 0 Å². The maximum absolute atomic E-state index is 12.1. The zero-order valence-electron chi connectivity index (χ0n) is 14.9. The predicted molar refractivity (Wildman–Crippen MR) is 95.3 cm³/mol. The summed E-state index contributed by atoms with van der Waals surface area (Å²) in [4.78, 5) is 14.2. The first-order valence-corrected chi connectivity index (χ1v) is 11.6. The van der Waals surface area contributed by atoms with Gasteiger partial charge in [-0.1, -0.05) is 32.9 Å². The van der Waals surface area contributed by atoms with Gasteiger partial charge < -0.3 is 9.33 Å². The molecule has 1 amide bonds. The molecular weight excluding hydrogens is 289 g/mol. The number of carbonyl (C=O) groups is 1. The van der Waals surface area contributed by atoms with Gasteiger partial charge in [0.2, 0.25) is 7.85 Å². The van der Waals surface area contributed by atoms with Crippen LogP contribution < -0.4 is 0 Å². The summed E-state index contributed by atoms with van der Waals surface area (Å²) in [6.45, 7) is 13.1. The summed E-state index contributed by atoms with van der Waals surface area (Å²) in [5.74, 6) is 2.90. The summed E-state index contributed by atoms with van der Waals surface area (Å²) in [6, 6.07) is 0.288. The lowest BCUT2D eigenvalue weighted by Gasteiger charge is -2.39. The Morgan fingerprint density at radius 3 is 2.55 bits per heavy atom. The topological polar surface area (TPSA) is 29.5 Å². The molecule has 0 N–H and O–H groups in total. The van der Waals surface area contributed by atoms with Crippen LogP contribution in [-0.4, -0.2) is 46.1 Å². The molecule has 4 unspecified atom stereocenters. The standard InChI is InChI=1S/C17H30BNO2Si/c1-17(2,3)22(4,5)21-10-14-15-12-7-6-11(8-12)13(15)9-19(14)16(18)20/h6-7,11-15H,8-10,18H2,1-5H3/t11?,12?,13?,14-,15?/m1/s1. The molecule has 0 aromatic heterocycles. The molecule has 2 bridgehead atoms. The molecule has 0 radical (unpaired) electrons. The molecule has 3 rings (SSSR count). The summed E-state index contributed by atoms with van der Waals surface area (Å²) in [5.41, 5.74) is 0. The highest BCUT2D eigenvalue weighted by Crippen LogP contribution is 2.54. The summed E-state index contributed by atoms with van der Waals surface area (Å²) >= 11 is 0. The molecule has 0 spiro atoms. The Balaban J connectivity index is 1.75. The second-order valence-corrected chi connectivity index (χ2v) is 13.8. The van der Waals surface area contributed by atoms with Gasteiger partial charge in [0.25, 0.3) is 0 Å². The molecule has 1 heterocycles. The molecule has 1 saturated carbocycles. The molecule has 5 atom stereocenters. The van der Waals surface area contributed by atoms with Gasteiger partial charge in [-0.05, 0) is 48.2 Å². The minimum atomic E-state index is -1.76. The highest BCUT2D eigenvalue weighted by atomic mass is 28.4. The normalized spacial score (nSPS) is 37.0. The van der Waals surface area contributed by atoms with Crippen LogP contribution in [-0.2, 0) is 4.43 Å². The Morgan fingerprint density at radius 1 is 1.32 bits per heavy atom. The van der Waals surface area contributed by atoms with E-state index in [4.69, 9.17) is 4.43 Å². The number of likely N-dealkylation sites (tertiary alicyclic amines) is 1. The first kappa shape index (κ1) is 16.3. The lowest BCUT2D eigenvalue weighted by atomic mass is 9.82. The Hall–Kier alpha value is -0.548. The van der Waals surface area contributed by atoms with Gasteiger partial charge in [-0.2, -0.15) is 0 Å². The van der Waals surface area contributed by atoms with Crippen LogP contribution in [0.2, 0.25) is 18.1 Å². The summed E-state index contributed by atoms with van der Waals surface area (Å²) in [7, 11) is -0.0398. The Morgan fingerprint density at radius 2 is 1.95 bits per heavy atom. The van der Waals surface area contributed by atoms with Crippen molar-refractivity contribution in [3.8, 4) is 0 Å². The van der Waals surface area contributed by atoms with Crippen molar-refractivity contribution < 1.29 is 9.22 Å². The predicted octanol–water partition coefficient (Wildman–Crippen LogP) is 2.88. The number of hydrogen-bond acceptors (Lipinski definition) is 2. The Labute approximate surface area is 137 Å². The van der Waals surface area contributed by atoms with E-state index in [0.717, 1.165) is 13.2 Å². The van der Waals surface area contributed by atoms with Crippen LogP contribution in [0.4, 0.5) is 4.79 Å². The maximum atomic E-state index is 12.1. The lowest BCUT2D eigenvalue weighted by molar-refractivity contribution is 0.147. The molecule has 3 nitrogen and oxygen atoms in total. The third kappa shape index (κ3) is 2.50. The third-order valence-electron chi connectivity index (χ3n) is 6.77. The average molecular weight is 319 g/mol. The molecule has 1 saturated heterocycles. The monoisotopic (exact) mass is 319 g/mol. The smallest absolute Gasteiger partial charge is 0.215 e. The molecule has 5 heteroatoms. The molecule has 122 valence electrons. The van der Waals surface area contributed by atoms with Crippen molar-refractivity contribution in [2.75, 3.05) is 13.2 Å². The van der Waals surface area contributed by atoms with Gasteiger partial charge in [0, 0.05) is 6.54 Å². The van der Waals surface area contributed by atoms with Crippen molar-refractivity contribution in [3.63, 3.8) is 0 Å². The van der Waals surface area contributed by atoms with E-state index in [-0.39, 0.29) is 16.9 Å². The molecule has 3 aliphatic rings. The van der Waals surface area contributed by atoms with Crippen molar-refractivity contribution in [2.24, 2.45) is 23.7 Å². The van der Waals surface area contributed by atoms with E-state index >= 15 is 0 Å². The van der Waals surface area contributed by atoms with E-state index in [9.17, 15) is 4.79 Å². The second kappa shape index (κ2) is 5.23. The van der Waals surface area contributed by atoms with Crippen molar-refractivity contribution in [1.82, 2.24) is 4.90 Å². The van der Waals surface area contributed by atoms with E-state index in [1.807, 2.05) is 0 Å². The van der Waals surface area contributed by atoms with Crippen LogP contribution in [0.1, 0.15) is 27.2 Å². The first-order chi connectivity index (χ1) is 10.1. The van der Waals surface area contributed by atoms with Crippen LogP contribution in [0.3, 0.4) is 0 Å². The number of allylic oxidation sites excluding steroid dienone is 2. The number of rotatable bonds is 3. The third-order valence-corrected chi connectivity index (χ3v) is 11.3.